The van der Waals surface area contributed by atoms with Crippen LogP contribution in [0.5, 0.6) is 0 Å². The molecule has 0 spiro atoms. The van der Waals surface area contributed by atoms with Crippen LogP contribution in [0.25, 0.3) is 0 Å². The number of hydrogen-bond acceptors (Lipinski definition) is 4. The molecule has 0 saturated carbocycles. The number of hydrogen-bond donors (Lipinski definition) is 1. The molecular formula is C14H18BrN3O. The number of nitrogens with zero attached hydrogens (tertiary/aromatic N) is 2. The number of aromatic nitrogens is 1. The van der Waals surface area contributed by atoms with E-state index in [4.69, 9.17) is 10.2 Å². The third-order valence-corrected chi connectivity index (χ3v) is 3.55. The minimum absolute atomic E-state index is 0.0926. The molecule has 1 unspecified atom stereocenters. The van der Waals surface area contributed by atoms with Gasteiger partial charge in [0, 0.05) is 31.4 Å². The van der Waals surface area contributed by atoms with E-state index in [0.29, 0.717) is 6.54 Å². The van der Waals surface area contributed by atoms with Crippen LogP contribution in [0.3, 0.4) is 0 Å². The summed E-state index contributed by atoms with van der Waals surface area (Å²) < 4.78 is 6.32. The molecule has 2 aromatic heterocycles. The molecule has 4 nitrogen and oxygen atoms in total. The Morgan fingerprint density at radius 1 is 1.37 bits per heavy atom. The van der Waals surface area contributed by atoms with Crippen molar-refractivity contribution in [2.75, 3.05) is 20.1 Å². The predicted octanol–water partition coefficient (Wildman–Crippen LogP) is 2.61. The lowest BCUT2D eigenvalue weighted by atomic mass is 10.2. The fourth-order valence-electron chi connectivity index (χ4n) is 2.01. The molecule has 0 aliphatic carbocycles. The Balaban J connectivity index is 1.96. The lowest BCUT2D eigenvalue weighted by Gasteiger charge is -2.25. The molecule has 2 aromatic rings. The summed E-state index contributed by atoms with van der Waals surface area (Å²) in [6.07, 6.45) is 2.72. The van der Waals surface area contributed by atoms with Crippen LogP contribution >= 0.6 is 15.9 Å². The molecule has 0 aromatic carbocycles. The maximum atomic E-state index is 5.85. The minimum Gasteiger partial charge on any atom is -0.453 e. The molecule has 0 fully saturated rings. The Kier molecular flexibility index (Phi) is 5.13. The molecule has 2 heterocycles. The third-order valence-electron chi connectivity index (χ3n) is 3.12. The first-order valence-electron chi connectivity index (χ1n) is 6.26. The lowest BCUT2D eigenvalue weighted by molar-refractivity contribution is 0.220. The van der Waals surface area contributed by atoms with Crippen molar-refractivity contribution in [3.8, 4) is 0 Å². The van der Waals surface area contributed by atoms with Crippen LogP contribution in [0, 0.1) is 0 Å². The number of nitrogens with two attached hydrogens (primary N) is 1. The van der Waals surface area contributed by atoms with Crippen LogP contribution in [0.2, 0.25) is 0 Å². The molecule has 0 saturated heterocycles. The zero-order valence-electron chi connectivity index (χ0n) is 10.9. The Hall–Kier alpha value is -1.17. The SMILES string of the molecule is CN(CCc1ccccn1)C(CN)c1ccc(Br)o1. The first kappa shape index (κ1) is 14.2. The third kappa shape index (κ3) is 3.89. The van der Waals surface area contributed by atoms with E-state index in [1.807, 2.05) is 36.5 Å². The first-order valence-corrected chi connectivity index (χ1v) is 7.05. The molecule has 5 heteroatoms. The second-order valence-corrected chi connectivity index (χ2v) is 5.23. The van der Waals surface area contributed by atoms with Gasteiger partial charge in [0.2, 0.25) is 0 Å². The minimum atomic E-state index is 0.0926. The van der Waals surface area contributed by atoms with Gasteiger partial charge >= 0.3 is 0 Å². The summed E-state index contributed by atoms with van der Waals surface area (Å²) >= 11 is 3.32. The Labute approximate surface area is 121 Å². The molecule has 0 aliphatic heterocycles. The van der Waals surface area contributed by atoms with E-state index in [-0.39, 0.29) is 6.04 Å². The van der Waals surface area contributed by atoms with Crippen molar-refractivity contribution in [2.24, 2.45) is 5.73 Å². The molecule has 2 N–H and O–H groups in total. The second kappa shape index (κ2) is 6.84. The van der Waals surface area contributed by atoms with Crippen LogP contribution in [-0.2, 0) is 6.42 Å². The molecular weight excluding hydrogens is 306 g/mol. The summed E-state index contributed by atoms with van der Waals surface area (Å²) in [5.74, 6) is 0.887. The molecule has 2 rings (SSSR count). The molecule has 102 valence electrons. The van der Waals surface area contributed by atoms with Crippen molar-refractivity contribution in [1.82, 2.24) is 9.88 Å². The van der Waals surface area contributed by atoms with E-state index in [1.165, 1.54) is 0 Å². The fourth-order valence-corrected chi connectivity index (χ4v) is 2.33. The van der Waals surface area contributed by atoms with Crippen molar-refractivity contribution in [2.45, 2.75) is 12.5 Å². The van der Waals surface area contributed by atoms with Crippen LogP contribution in [0.1, 0.15) is 17.5 Å². The van der Waals surface area contributed by atoms with Gasteiger partial charge in [-0.2, -0.15) is 0 Å². The monoisotopic (exact) mass is 323 g/mol. The van der Waals surface area contributed by atoms with E-state index in [9.17, 15) is 0 Å². The van der Waals surface area contributed by atoms with Crippen LogP contribution in [0.15, 0.2) is 45.6 Å². The number of halogens is 1. The predicted molar refractivity (Wildman–Crippen MR) is 78.8 cm³/mol. The summed E-state index contributed by atoms with van der Waals surface area (Å²) in [7, 11) is 2.05. The largest absolute Gasteiger partial charge is 0.453 e. The average molecular weight is 324 g/mol. The van der Waals surface area contributed by atoms with Crippen molar-refractivity contribution in [3.63, 3.8) is 0 Å². The zero-order valence-corrected chi connectivity index (χ0v) is 12.5. The Morgan fingerprint density at radius 3 is 2.79 bits per heavy atom. The number of furan rings is 1. The molecule has 0 amide bonds. The summed E-state index contributed by atoms with van der Waals surface area (Å²) in [6, 6.07) is 9.91. The number of rotatable bonds is 6. The smallest absolute Gasteiger partial charge is 0.169 e. The number of pyridine rings is 1. The average Bonchev–Trinajstić information content (AvgIpc) is 2.85. The summed E-state index contributed by atoms with van der Waals surface area (Å²) in [4.78, 5) is 6.52. The topological polar surface area (TPSA) is 55.3 Å². The highest BCUT2D eigenvalue weighted by Crippen LogP contribution is 2.23. The van der Waals surface area contributed by atoms with Gasteiger partial charge in [-0.15, -0.1) is 0 Å². The van der Waals surface area contributed by atoms with Gasteiger partial charge < -0.3 is 10.2 Å². The second-order valence-electron chi connectivity index (χ2n) is 4.45. The highest BCUT2D eigenvalue weighted by Gasteiger charge is 2.18. The van der Waals surface area contributed by atoms with Crippen molar-refractivity contribution in [3.05, 3.63) is 52.7 Å². The fraction of sp³-hybridized carbons (Fsp3) is 0.357. The first-order chi connectivity index (χ1) is 9.20. The molecule has 1 atom stereocenters. The lowest BCUT2D eigenvalue weighted by Crippen LogP contribution is -2.32. The van der Waals surface area contributed by atoms with E-state index in [1.54, 1.807) is 0 Å². The van der Waals surface area contributed by atoms with E-state index >= 15 is 0 Å². The summed E-state index contributed by atoms with van der Waals surface area (Å²) in [5, 5.41) is 0. The highest BCUT2D eigenvalue weighted by atomic mass is 79.9. The van der Waals surface area contributed by atoms with Gasteiger partial charge in [-0.25, -0.2) is 0 Å². The normalized spacial score (nSPS) is 12.8. The maximum absolute atomic E-state index is 5.85. The molecule has 0 radical (unpaired) electrons. The molecule has 0 bridgehead atoms. The molecule has 0 aliphatic rings. The van der Waals surface area contributed by atoms with E-state index < -0.39 is 0 Å². The Bertz CT molecular complexity index is 500. The summed E-state index contributed by atoms with van der Waals surface area (Å²) in [6.45, 7) is 1.41. The van der Waals surface area contributed by atoms with Crippen molar-refractivity contribution in [1.29, 1.82) is 0 Å². The van der Waals surface area contributed by atoms with Gasteiger partial charge in [-0.1, -0.05) is 6.07 Å². The van der Waals surface area contributed by atoms with Crippen LogP contribution in [-0.4, -0.2) is 30.0 Å². The van der Waals surface area contributed by atoms with Crippen molar-refractivity contribution < 1.29 is 4.42 Å². The van der Waals surface area contributed by atoms with Gasteiger partial charge in [0.25, 0.3) is 0 Å². The van der Waals surface area contributed by atoms with Gasteiger partial charge in [0.05, 0.1) is 6.04 Å². The van der Waals surface area contributed by atoms with Gasteiger partial charge in [-0.3, -0.25) is 9.88 Å². The van der Waals surface area contributed by atoms with Crippen LogP contribution < -0.4 is 5.73 Å². The number of likely N-dealkylation sites (N-methyl/N-ethyl adjacent to an activating group) is 1. The van der Waals surface area contributed by atoms with Crippen LogP contribution in [0.4, 0.5) is 0 Å². The Morgan fingerprint density at radius 2 is 2.21 bits per heavy atom. The van der Waals surface area contributed by atoms with Crippen molar-refractivity contribution >= 4 is 15.9 Å². The quantitative estimate of drug-likeness (QED) is 0.887. The maximum Gasteiger partial charge on any atom is 0.169 e. The van der Waals surface area contributed by atoms with Gasteiger partial charge in [0.15, 0.2) is 4.67 Å². The molecule has 19 heavy (non-hydrogen) atoms. The van der Waals surface area contributed by atoms with E-state index in [2.05, 4.69) is 32.9 Å². The standard InChI is InChI=1S/C14H18BrN3O/c1-18(9-7-11-4-2-3-8-17-11)12(10-16)13-5-6-14(15)19-13/h2-6,8,12H,7,9-10,16H2,1H3. The summed E-state index contributed by atoms with van der Waals surface area (Å²) in [5.41, 5.74) is 6.94. The van der Waals surface area contributed by atoms with Gasteiger partial charge in [-0.05, 0) is 47.2 Å². The van der Waals surface area contributed by atoms with E-state index in [0.717, 1.165) is 29.1 Å². The highest BCUT2D eigenvalue weighted by molar-refractivity contribution is 9.10. The van der Waals surface area contributed by atoms with Gasteiger partial charge in [0.1, 0.15) is 5.76 Å². The zero-order chi connectivity index (χ0) is 13.7.